The number of hydrogen-bond acceptors (Lipinski definition) is 1. The summed E-state index contributed by atoms with van der Waals surface area (Å²) in [6.07, 6.45) is 7.55. The number of hydrogen-bond donors (Lipinski definition) is 2. The summed E-state index contributed by atoms with van der Waals surface area (Å²) in [5, 5.41) is 6.39. The number of terminal acetylenes is 1. The van der Waals surface area contributed by atoms with Gasteiger partial charge >= 0.3 is 0 Å². The lowest BCUT2D eigenvalue weighted by atomic mass is 10.1. The molecule has 0 radical (unpaired) electrons. The van der Waals surface area contributed by atoms with E-state index in [1.807, 2.05) is 0 Å². The molecule has 0 aromatic heterocycles. The molecule has 0 amide bonds. The van der Waals surface area contributed by atoms with Crippen molar-refractivity contribution in [3.8, 4) is 12.3 Å². The Morgan fingerprint density at radius 3 is 2.63 bits per heavy atom. The van der Waals surface area contributed by atoms with Gasteiger partial charge < -0.3 is 10.6 Å². The highest BCUT2D eigenvalue weighted by atomic mass is 15.2. The summed E-state index contributed by atoms with van der Waals surface area (Å²) in [4.78, 5) is 4.53. The first kappa shape index (κ1) is 15.1. The van der Waals surface area contributed by atoms with Crippen molar-refractivity contribution in [3.05, 3.63) is 35.4 Å². The molecule has 0 spiro atoms. The van der Waals surface area contributed by atoms with Crippen LogP contribution in [0.3, 0.4) is 0 Å². The van der Waals surface area contributed by atoms with Crippen LogP contribution < -0.4 is 10.6 Å². The van der Waals surface area contributed by atoms with E-state index < -0.39 is 0 Å². The molecule has 0 unspecified atom stereocenters. The summed E-state index contributed by atoms with van der Waals surface area (Å²) < 4.78 is 0. The number of nitrogens with zero attached hydrogens (tertiary/aromatic N) is 1. The molecule has 19 heavy (non-hydrogen) atoms. The molecule has 0 saturated carbocycles. The Bertz CT molecular complexity index is 426. The van der Waals surface area contributed by atoms with E-state index in [1.54, 1.807) is 0 Å². The minimum atomic E-state index is 0.492. The maximum atomic E-state index is 5.26. The van der Waals surface area contributed by atoms with Crippen molar-refractivity contribution in [2.75, 3.05) is 13.1 Å². The molecule has 3 nitrogen and oxygen atoms in total. The topological polar surface area (TPSA) is 36.4 Å². The van der Waals surface area contributed by atoms with Crippen LogP contribution in [0.4, 0.5) is 0 Å². The number of unbranched alkanes of at least 4 members (excludes halogenated alkanes) is 1. The molecule has 0 fully saturated rings. The number of nitrogens with one attached hydrogen (secondary N) is 2. The first-order chi connectivity index (χ1) is 9.26. The summed E-state index contributed by atoms with van der Waals surface area (Å²) in [7, 11) is 0. The largest absolute Gasteiger partial charge is 0.356 e. The van der Waals surface area contributed by atoms with Crippen LogP contribution >= 0.6 is 0 Å². The number of guanidine groups is 1. The third-order valence-electron chi connectivity index (χ3n) is 2.72. The lowest BCUT2D eigenvalue weighted by Crippen LogP contribution is -2.38. The second kappa shape index (κ2) is 9.04. The molecular formula is C16H23N3. The van der Waals surface area contributed by atoms with Crippen molar-refractivity contribution < 1.29 is 0 Å². The molecule has 0 saturated heterocycles. The van der Waals surface area contributed by atoms with Gasteiger partial charge in [0.15, 0.2) is 5.96 Å². The Labute approximate surface area is 116 Å². The second-order valence-electron chi connectivity index (χ2n) is 4.49. The van der Waals surface area contributed by atoms with Gasteiger partial charge in [-0.2, -0.15) is 0 Å². The van der Waals surface area contributed by atoms with Crippen LogP contribution in [0.1, 0.15) is 30.9 Å². The Hall–Kier alpha value is -1.95. The fraction of sp³-hybridized carbons (Fsp3) is 0.438. The maximum absolute atomic E-state index is 5.26. The van der Waals surface area contributed by atoms with Gasteiger partial charge in [0, 0.05) is 6.54 Å². The number of rotatable bonds is 6. The summed E-state index contributed by atoms with van der Waals surface area (Å²) in [5.74, 6) is 3.35. The van der Waals surface area contributed by atoms with Gasteiger partial charge in [-0.3, -0.25) is 0 Å². The van der Waals surface area contributed by atoms with Gasteiger partial charge in [0.05, 0.1) is 13.1 Å². The molecule has 0 aliphatic heterocycles. The van der Waals surface area contributed by atoms with Crippen molar-refractivity contribution in [3.63, 3.8) is 0 Å². The normalized spacial score (nSPS) is 10.9. The predicted octanol–water partition coefficient (Wildman–Crippen LogP) is 2.46. The fourth-order valence-electron chi connectivity index (χ4n) is 1.56. The average Bonchev–Trinajstić information content (AvgIpc) is 2.43. The Balaban J connectivity index is 2.54. The third kappa shape index (κ3) is 6.52. The Kier molecular flexibility index (Phi) is 7.19. The molecule has 0 heterocycles. The lowest BCUT2D eigenvalue weighted by molar-refractivity contribution is 0.735. The molecule has 2 N–H and O–H groups in total. The van der Waals surface area contributed by atoms with Gasteiger partial charge in [-0.15, -0.1) is 6.42 Å². The lowest BCUT2D eigenvalue weighted by Gasteiger charge is -2.10. The summed E-state index contributed by atoms with van der Waals surface area (Å²) in [5.41, 5.74) is 2.46. The highest BCUT2D eigenvalue weighted by Crippen LogP contribution is 2.04. The van der Waals surface area contributed by atoms with E-state index in [0.29, 0.717) is 13.1 Å². The highest BCUT2D eigenvalue weighted by Gasteiger charge is 1.97. The van der Waals surface area contributed by atoms with E-state index >= 15 is 0 Å². The SMILES string of the molecule is C#CCNC(=NCc1ccc(C)cc1)NCCCC. The van der Waals surface area contributed by atoms with E-state index in [-0.39, 0.29) is 0 Å². The maximum Gasteiger partial charge on any atom is 0.192 e. The standard InChI is InChI=1S/C16H23N3/c1-4-6-12-18-16(17-11-5-2)19-13-15-9-7-14(3)8-10-15/h2,7-10H,4,6,11-13H2,1,3H3,(H2,17,18,19). The fourth-order valence-corrected chi connectivity index (χ4v) is 1.56. The molecule has 0 aliphatic carbocycles. The van der Waals surface area contributed by atoms with Crippen molar-refractivity contribution in [1.29, 1.82) is 0 Å². The third-order valence-corrected chi connectivity index (χ3v) is 2.72. The van der Waals surface area contributed by atoms with Gasteiger partial charge in [-0.05, 0) is 18.9 Å². The highest BCUT2D eigenvalue weighted by molar-refractivity contribution is 5.80. The van der Waals surface area contributed by atoms with Crippen molar-refractivity contribution in [2.45, 2.75) is 33.2 Å². The molecule has 102 valence electrons. The number of aryl methyl sites for hydroxylation is 1. The second-order valence-corrected chi connectivity index (χ2v) is 4.49. The van der Waals surface area contributed by atoms with Crippen LogP contribution in [0.25, 0.3) is 0 Å². The minimum Gasteiger partial charge on any atom is -0.356 e. The Morgan fingerprint density at radius 2 is 2.00 bits per heavy atom. The van der Waals surface area contributed by atoms with Crippen LogP contribution in [0.5, 0.6) is 0 Å². The molecule has 1 aromatic carbocycles. The van der Waals surface area contributed by atoms with Crippen molar-refractivity contribution in [1.82, 2.24) is 10.6 Å². The average molecular weight is 257 g/mol. The van der Waals surface area contributed by atoms with Crippen LogP contribution in [0, 0.1) is 19.3 Å². The van der Waals surface area contributed by atoms with E-state index in [4.69, 9.17) is 6.42 Å². The Morgan fingerprint density at radius 1 is 1.26 bits per heavy atom. The van der Waals surface area contributed by atoms with Gasteiger partial charge in [0.1, 0.15) is 0 Å². The first-order valence-electron chi connectivity index (χ1n) is 6.77. The molecule has 1 aromatic rings. The molecule has 0 bridgehead atoms. The van der Waals surface area contributed by atoms with Crippen LogP contribution in [-0.4, -0.2) is 19.0 Å². The molecule has 3 heteroatoms. The van der Waals surface area contributed by atoms with Crippen LogP contribution in [-0.2, 0) is 6.54 Å². The number of benzene rings is 1. The molecule has 1 rings (SSSR count). The van der Waals surface area contributed by atoms with E-state index in [9.17, 15) is 0 Å². The molecule has 0 atom stereocenters. The van der Waals surface area contributed by atoms with E-state index in [0.717, 1.165) is 25.3 Å². The monoisotopic (exact) mass is 257 g/mol. The first-order valence-corrected chi connectivity index (χ1v) is 6.77. The summed E-state index contributed by atoms with van der Waals surface area (Å²) in [6, 6.07) is 8.40. The summed E-state index contributed by atoms with van der Waals surface area (Å²) >= 11 is 0. The van der Waals surface area contributed by atoms with Gasteiger partial charge in [-0.1, -0.05) is 49.1 Å². The van der Waals surface area contributed by atoms with Crippen molar-refractivity contribution in [2.24, 2.45) is 4.99 Å². The predicted molar refractivity (Wildman–Crippen MR) is 82.1 cm³/mol. The van der Waals surface area contributed by atoms with Gasteiger partial charge in [0.25, 0.3) is 0 Å². The van der Waals surface area contributed by atoms with Crippen molar-refractivity contribution >= 4 is 5.96 Å². The number of aliphatic imine (C=N–C) groups is 1. The molecule has 0 aliphatic rings. The quantitative estimate of drug-likeness (QED) is 0.355. The minimum absolute atomic E-state index is 0.492. The van der Waals surface area contributed by atoms with E-state index in [2.05, 4.69) is 59.7 Å². The van der Waals surface area contributed by atoms with Crippen LogP contribution in [0.15, 0.2) is 29.3 Å². The zero-order chi connectivity index (χ0) is 13.9. The molecular weight excluding hydrogens is 234 g/mol. The van der Waals surface area contributed by atoms with Gasteiger partial charge in [0.2, 0.25) is 0 Å². The van der Waals surface area contributed by atoms with E-state index in [1.165, 1.54) is 11.1 Å². The van der Waals surface area contributed by atoms with Crippen LogP contribution in [0.2, 0.25) is 0 Å². The van der Waals surface area contributed by atoms with Gasteiger partial charge in [-0.25, -0.2) is 4.99 Å². The smallest absolute Gasteiger partial charge is 0.192 e. The zero-order valence-corrected chi connectivity index (χ0v) is 11.9. The zero-order valence-electron chi connectivity index (χ0n) is 11.9. The summed E-state index contributed by atoms with van der Waals surface area (Å²) in [6.45, 7) is 6.32.